The summed E-state index contributed by atoms with van der Waals surface area (Å²) in [5.41, 5.74) is 0.873. The highest BCUT2D eigenvalue weighted by Gasteiger charge is 2.32. The number of aliphatic hydroxyl groups is 1. The lowest BCUT2D eigenvalue weighted by Gasteiger charge is -2.32. The lowest BCUT2D eigenvalue weighted by atomic mass is 10.2. The summed E-state index contributed by atoms with van der Waals surface area (Å²) < 4.78 is 7.08. The van der Waals surface area contributed by atoms with Crippen molar-refractivity contribution in [3.8, 4) is 0 Å². The number of nitrogens with zero attached hydrogens (tertiary/aromatic N) is 6. The zero-order valence-corrected chi connectivity index (χ0v) is 14.7. The molecular weight excluding hydrogens is 320 g/mol. The van der Waals surface area contributed by atoms with Crippen molar-refractivity contribution in [1.82, 2.24) is 24.5 Å². The predicted octanol–water partition coefficient (Wildman–Crippen LogP) is 0.696. The average Bonchev–Trinajstić information content (AvgIpc) is 3.35. The summed E-state index contributed by atoms with van der Waals surface area (Å²) in [6.07, 6.45) is 6.16. The van der Waals surface area contributed by atoms with E-state index in [9.17, 15) is 5.11 Å². The number of ether oxygens (including phenoxy) is 1. The molecule has 25 heavy (non-hydrogen) atoms. The van der Waals surface area contributed by atoms with E-state index in [1.165, 1.54) is 12.8 Å². The fourth-order valence-corrected chi connectivity index (χ4v) is 4.21. The van der Waals surface area contributed by atoms with E-state index in [1.807, 2.05) is 4.52 Å². The van der Waals surface area contributed by atoms with E-state index in [-0.39, 0.29) is 6.61 Å². The third-order valence-electron chi connectivity index (χ3n) is 5.40. The number of aromatic nitrogens is 4. The van der Waals surface area contributed by atoms with Crippen LogP contribution < -0.4 is 4.90 Å². The van der Waals surface area contributed by atoms with Gasteiger partial charge in [0.05, 0.1) is 18.9 Å². The summed E-state index contributed by atoms with van der Waals surface area (Å²) in [5.74, 6) is 1.65. The van der Waals surface area contributed by atoms with Gasteiger partial charge in [-0.2, -0.15) is 14.6 Å². The second-order valence-electron chi connectivity index (χ2n) is 6.97. The summed E-state index contributed by atoms with van der Waals surface area (Å²) in [6.45, 7) is 3.80. The van der Waals surface area contributed by atoms with Crippen molar-refractivity contribution in [2.24, 2.45) is 0 Å². The van der Waals surface area contributed by atoms with E-state index in [2.05, 4.69) is 30.9 Å². The van der Waals surface area contributed by atoms with Gasteiger partial charge >= 0.3 is 0 Å². The van der Waals surface area contributed by atoms with Crippen LogP contribution >= 0.6 is 0 Å². The minimum atomic E-state index is 0.257. The molecule has 2 aliphatic rings. The maximum Gasteiger partial charge on any atom is 0.254 e. The zero-order valence-electron chi connectivity index (χ0n) is 14.7. The van der Waals surface area contributed by atoms with Crippen LogP contribution in [0.25, 0.3) is 5.78 Å². The van der Waals surface area contributed by atoms with Crippen molar-refractivity contribution in [3.63, 3.8) is 0 Å². The first-order chi connectivity index (χ1) is 12.3. The van der Waals surface area contributed by atoms with E-state index in [1.54, 1.807) is 13.4 Å². The van der Waals surface area contributed by atoms with E-state index in [0.29, 0.717) is 24.5 Å². The normalized spacial score (nSPS) is 24.6. The molecule has 2 fully saturated rings. The maximum absolute atomic E-state index is 9.60. The van der Waals surface area contributed by atoms with Crippen LogP contribution in [0.5, 0.6) is 0 Å². The standard InChI is InChI=1S/C17H26N6O2/c1-25-11-13-8-16(23-17(20-13)18-12-19-23)22-7-3-4-14(22)9-21-6-2-5-15(21)10-24/h8,12,14-15,24H,2-7,9-11H2,1H3. The number of fused-ring (bicyclic) bond motifs is 1. The van der Waals surface area contributed by atoms with Crippen molar-refractivity contribution in [2.45, 2.75) is 44.4 Å². The number of likely N-dealkylation sites (tertiary alicyclic amines) is 1. The predicted molar refractivity (Wildman–Crippen MR) is 93.5 cm³/mol. The Labute approximate surface area is 147 Å². The van der Waals surface area contributed by atoms with Crippen molar-refractivity contribution < 1.29 is 9.84 Å². The van der Waals surface area contributed by atoms with E-state index in [4.69, 9.17) is 4.74 Å². The van der Waals surface area contributed by atoms with E-state index < -0.39 is 0 Å². The minimum absolute atomic E-state index is 0.257. The fourth-order valence-electron chi connectivity index (χ4n) is 4.21. The molecule has 8 nitrogen and oxygen atoms in total. The van der Waals surface area contributed by atoms with E-state index in [0.717, 1.165) is 44.0 Å². The molecule has 8 heteroatoms. The lowest BCUT2D eigenvalue weighted by molar-refractivity contribution is 0.153. The Balaban J connectivity index is 1.61. The van der Waals surface area contributed by atoms with Gasteiger partial charge in [0.2, 0.25) is 0 Å². The van der Waals surface area contributed by atoms with Crippen molar-refractivity contribution in [1.29, 1.82) is 0 Å². The second-order valence-corrected chi connectivity index (χ2v) is 6.97. The molecule has 136 valence electrons. The van der Waals surface area contributed by atoms with Gasteiger partial charge in [-0.05, 0) is 32.2 Å². The van der Waals surface area contributed by atoms with Crippen LogP contribution in [0.3, 0.4) is 0 Å². The van der Waals surface area contributed by atoms with Gasteiger partial charge in [0.15, 0.2) is 0 Å². The Morgan fingerprint density at radius 3 is 2.92 bits per heavy atom. The molecule has 0 aliphatic carbocycles. The molecule has 2 aromatic heterocycles. The smallest absolute Gasteiger partial charge is 0.254 e. The molecule has 1 N–H and O–H groups in total. The number of anilines is 1. The first-order valence-corrected chi connectivity index (χ1v) is 9.10. The first kappa shape index (κ1) is 16.7. The van der Waals surface area contributed by atoms with Gasteiger partial charge < -0.3 is 14.7 Å². The zero-order chi connectivity index (χ0) is 17.2. The number of rotatable bonds is 6. The molecule has 2 saturated heterocycles. The SMILES string of the molecule is COCc1cc(N2CCCC2CN2CCCC2CO)n2ncnc2n1. The molecule has 2 atom stereocenters. The van der Waals surface area contributed by atoms with Gasteiger partial charge in [0.1, 0.15) is 12.1 Å². The summed E-state index contributed by atoms with van der Waals surface area (Å²) >= 11 is 0. The van der Waals surface area contributed by atoms with Gasteiger partial charge in [-0.15, -0.1) is 0 Å². The van der Waals surface area contributed by atoms with Gasteiger partial charge in [0, 0.05) is 38.3 Å². The molecule has 0 aromatic carbocycles. The molecule has 0 bridgehead atoms. The van der Waals surface area contributed by atoms with Crippen LogP contribution in [0.15, 0.2) is 12.4 Å². The van der Waals surface area contributed by atoms with Crippen molar-refractivity contribution in [2.75, 3.05) is 38.3 Å². The Morgan fingerprint density at radius 2 is 2.08 bits per heavy atom. The summed E-state index contributed by atoms with van der Waals surface area (Å²) in [7, 11) is 1.68. The van der Waals surface area contributed by atoms with Crippen LogP contribution in [-0.4, -0.2) is 75.0 Å². The monoisotopic (exact) mass is 346 g/mol. The molecule has 2 unspecified atom stereocenters. The van der Waals surface area contributed by atoms with Crippen molar-refractivity contribution >= 4 is 11.6 Å². The van der Waals surface area contributed by atoms with Crippen LogP contribution in [0.4, 0.5) is 5.82 Å². The van der Waals surface area contributed by atoms with Crippen LogP contribution in [0.1, 0.15) is 31.4 Å². The topological polar surface area (TPSA) is 79.0 Å². The number of methoxy groups -OCH3 is 1. The summed E-state index contributed by atoms with van der Waals surface area (Å²) in [6, 6.07) is 2.81. The summed E-state index contributed by atoms with van der Waals surface area (Å²) in [4.78, 5) is 13.6. The van der Waals surface area contributed by atoms with Gasteiger partial charge in [-0.3, -0.25) is 4.90 Å². The second kappa shape index (κ2) is 7.23. The third-order valence-corrected chi connectivity index (χ3v) is 5.40. The minimum Gasteiger partial charge on any atom is -0.395 e. The van der Waals surface area contributed by atoms with Crippen LogP contribution in [0.2, 0.25) is 0 Å². The highest BCUT2D eigenvalue weighted by atomic mass is 16.5. The van der Waals surface area contributed by atoms with Crippen LogP contribution in [0, 0.1) is 0 Å². The average molecular weight is 346 g/mol. The molecule has 4 heterocycles. The number of hydrogen-bond donors (Lipinski definition) is 1. The Hall–Kier alpha value is -1.77. The third kappa shape index (κ3) is 3.21. The fraction of sp³-hybridized carbons (Fsp3) is 0.706. The molecule has 0 saturated carbocycles. The molecule has 4 rings (SSSR count). The number of aliphatic hydroxyl groups excluding tert-OH is 1. The van der Waals surface area contributed by atoms with Gasteiger partial charge in [0.25, 0.3) is 5.78 Å². The highest BCUT2D eigenvalue weighted by Crippen LogP contribution is 2.28. The molecular formula is C17H26N6O2. The summed E-state index contributed by atoms with van der Waals surface area (Å²) in [5, 5.41) is 14.0. The molecule has 0 spiro atoms. The van der Waals surface area contributed by atoms with Crippen molar-refractivity contribution in [3.05, 3.63) is 18.1 Å². The van der Waals surface area contributed by atoms with Crippen LogP contribution in [-0.2, 0) is 11.3 Å². The molecule has 0 amide bonds. The van der Waals surface area contributed by atoms with E-state index >= 15 is 0 Å². The Kier molecular flexibility index (Phi) is 4.82. The molecule has 0 radical (unpaired) electrons. The van der Waals surface area contributed by atoms with Gasteiger partial charge in [-0.25, -0.2) is 4.98 Å². The maximum atomic E-state index is 9.60. The quantitative estimate of drug-likeness (QED) is 0.825. The van der Waals surface area contributed by atoms with Gasteiger partial charge in [-0.1, -0.05) is 0 Å². The largest absolute Gasteiger partial charge is 0.395 e. The number of hydrogen-bond acceptors (Lipinski definition) is 7. The first-order valence-electron chi connectivity index (χ1n) is 9.10. The highest BCUT2D eigenvalue weighted by molar-refractivity contribution is 5.49. The molecule has 2 aliphatic heterocycles. The Bertz CT molecular complexity index is 720. The molecule has 2 aromatic rings. The Morgan fingerprint density at radius 1 is 1.24 bits per heavy atom. The lowest BCUT2D eigenvalue weighted by Crippen LogP contribution is -2.44.